The molecule has 5 heteroatoms. The fraction of sp³-hybridized carbons (Fsp3) is 0.818. The van der Waals surface area contributed by atoms with Crippen LogP contribution in [0.2, 0.25) is 0 Å². The number of carbonyl (C=O) groups excluding carboxylic acids is 1. The topological polar surface area (TPSA) is 69.6 Å². The highest BCUT2D eigenvalue weighted by Crippen LogP contribution is 2.19. The number of carboxylic acids is 1. The van der Waals surface area contributed by atoms with E-state index < -0.39 is 12.0 Å². The Bertz CT molecular complexity index is 260. The van der Waals surface area contributed by atoms with E-state index >= 15 is 0 Å². The molecule has 0 bridgehead atoms. The number of carboxylic acid groups (broad SMARTS) is 1. The minimum absolute atomic E-state index is 0.260. The van der Waals surface area contributed by atoms with Gasteiger partial charge in [-0.2, -0.15) is 0 Å². The summed E-state index contributed by atoms with van der Waals surface area (Å²) in [5.41, 5.74) is 0. The summed E-state index contributed by atoms with van der Waals surface area (Å²) in [6.45, 7) is 5.10. The van der Waals surface area contributed by atoms with Gasteiger partial charge in [0.15, 0.2) is 0 Å². The molecule has 0 aromatic heterocycles. The number of carbonyl (C=O) groups is 2. The third kappa shape index (κ3) is 3.40. The number of likely N-dealkylation sites (tertiary alicyclic amines) is 1. The molecule has 0 aromatic carbocycles. The fourth-order valence-electron chi connectivity index (χ4n) is 1.88. The average Bonchev–Trinajstić information content (AvgIpc) is 2.28. The lowest BCUT2D eigenvalue weighted by Gasteiger charge is -2.32. The summed E-state index contributed by atoms with van der Waals surface area (Å²) < 4.78 is 0. The van der Waals surface area contributed by atoms with Gasteiger partial charge in [-0.05, 0) is 25.7 Å². The summed E-state index contributed by atoms with van der Waals surface area (Å²) in [4.78, 5) is 23.9. The highest BCUT2D eigenvalue weighted by Gasteiger charge is 2.23. The van der Waals surface area contributed by atoms with Crippen LogP contribution in [0.5, 0.6) is 0 Å². The van der Waals surface area contributed by atoms with Crippen molar-refractivity contribution < 1.29 is 14.7 Å². The molecule has 92 valence electrons. The minimum atomic E-state index is -1.00. The zero-order valence-corrected chi connectivity index (χ0v) is 9.90. The lowest BCUT2D eigenvalue weighted by molar-refractivity contribution is -0.138. The first kappa shape index (κ1) is 12.8. The van der Waals surface area contributed by atoms with Gasteiger partial charge < -0.3 is 15.3 Å². The third-order valence-corrected chi connectivity index (χ3v) is 3.19. The molecule has 2 N–H and O–H groups in total. The van der Waals surface area contributed by atoms with Crippen molar-refractivity contribution in [3.05, 3.63) is 0 Å². The molecule has 1 heterocycles. The molecule has 1 rings (SSSR count). The van der Waals surface area contributed by atoms with Crippen molar-refractivity contribution in [2.24, 2.45) is 5.92 Å². The number of rotatable bonds is 3. The number of hydrogen-bond acceptors (Lipinski definition) is 2. The quantitative estimate of drug-likeness (QED) is 0.764. The molecule has 1 fully saturated rings. The van der Waals surface area contributed by atoms with Crippen LogP contribution >= 0.6 is 0 Å². The van der Waals surface area contributed by atoms with Gasteiger partial charge >= 0.3 is 12.0 Å². The molecule has 1 saturated heterocycles. The van der Waals surface area contributed by atoms with Crippen molar-refractivity contribution in [3.8, 4) is 0 Å². The largest absolute Gasteiger partial charge is 0.480 e. The van der Waals surface area contributed by atoms with Crippen molar-refractivity contribution >= 4 is 12.0 Å². The van der Waals surface area contributed by atoms with Crippen LogP contribution in [-0.4, -0.2) is 41.1 Å². The standard InChI is InChI=1S/C11H20N2O3/c1-3-9-4-6-13(7-5-9)11(16)12-8(2)10(14)15/h8-9H,3-7H2,1-2H3,(H,12,16)(H,14,15)/t8-/m0/s1. The minimum Gasteiger partial charge on any atom is -0.480 e. The number of nitrogens with one attached hydrogen (secondary N) is 1. The Morgan fingerprint density at radius 3 is 2.44 bits per heavy atom. The number of amides is 2. The second kappa shape index (κ2) is 5.72. The maximum absolute atomic E-state index is 11.7. The Hall–Kier alpha value is -1.26. The van der Waals surface area contributed by atoms with E-state index in [1.54, 1.807) is 4.90 Å². The first-order chi connectivity index (χ1) is 7.54. The van der Waals surface area contributed by atoms with E-state index in [-0.39, 0.29) is 6.03 Å². The smallest absolute Gasteiger partial charge is 0.325 e. The molecule has 2 amide bonds. The molecule has 0 aliphatic carbocycles. The van der Waals surface area contributed by atoms with Gasteiger partial charge in [0.1, 0.15) is 6.04 Å². The van der Waals surface area contributed by atoms with E-state index in [2.05, 4.69) is 12.2 Å². The van der Waals surface area contributed by atoms with Crippen LogP contribution in [0.1, 0.15) is 33.1 Å². The highest BCUT2D eigenvalue weighted by atomic mass is 16.4. The van der Waals surface area contributed by atoms with Gasteiger partial charge in [-0.15, -0.1) is 0 Å². The van der Waals surface area contributed by atoms with Crippen LogP contribution in [0.3, 0.4) is 0 Å². The molecule has 1 aliphatic rings. The zero-order chi connectivity index (χ0) is 12.1. The van der Waals surface area contributed by atoms with Crippen LogP contribution in [-0.2, 0) is 4.79 Å². The molecular weight excluding hydrogens is 208 g/mol. The Labute approximate surface area is 95.8 Å². The second-order valence-corrected chi connectivity index (χ2v) is 4.35. The Kier molecular flexibility index (Phi) is 4.58. The second-order valence-electron chi connectivity index (χ2n) is 4.35. The SMILES string of the molecule is CCC1CCN(C(=O)N[C@@H](C)C(=O)O)CC1. The third-order valence-electron chi connectivity index (χ3n) is 3.19. The van der Waals surface area contributed by atoms with Crippen molar-refractivity contribution in [1.82, 2.24) is 10.2 Å². The van der Waals surface area contributed by atoms with Gasteiger partial charge in [0.05, 0.1) is 0 Å². The predicted molar refractivity (Wildman–Crippen MR) is 60.2 cm³/mol. The summed E-state index contributed by atoms with van der Waals surface area (Å²) >= 11 is 0. The normalized spacial score (nSPS) is 19.2. The number of hydrogen-bond donors (Lipinski definition) is 2. The van der Waals surface area contributed by atoms with E-state index in [4.69, 9.17) is 5.11 Å². The average molecular weight is 228 g/mol. The fourth-order valence-corrected chi connectivity index (χ4v) is 1.88. The summed E-state index contributed by atoms with van der Waals surface area (Å²) in [5.74, 6) is -0.294. The number of aliphatic carboxylic acids is 1. The van der Waals surface area contributed by atoms with E-state index in [9.17, 15) is 9.59 Å². The van der Waals surface area contributed by atoms with Crippen molar-refractivity contribution in [1.29, 1.82) is 0 Å². The van der Waals surface area contributed by atoms with E-state index in [0.717, 1.165) is 32.4 Å². The molecule has 0 saturated carbocycles. The van der Waals surface area contributed by atoms with Gasteiger partial charge in [0.2, 0.25) is 0 Å². The van der Waals surface area contributed by atoms with Crippen molar-refractivity contribution in [2.75, 3.05) is 13.1 Å². The summed E-state index contributed by atoms with van der Waals surface area (Å²) in [6.07, 6.45) is 3.19. The summed E-state index contributed by atoms with van der Waals surface area (Å²) in [5, 5.41) is 11.1. The van der Waals surface area contributed by atoms with Gasteiger partial charge in [-0.1, -0.05) is 13.3 Å². The van der Waals surface area contributed by atoms with Crippen LogP contribution in [0.4, 0.5) is 4.79 Å². The molecule has 0 radical (unpaired) electrons. The first-order valence-electron chi connectivity index (χ1n) is 5.82. The zero-order valence-electron chi connectivity index (χ0n) is 9.90. The highest BCUT2D eigenvalue weighted by molar-refractivity contribution is 5.82. The van der Waals surface area contributed by atoms with Crippen LogP contribution in [0.15, 0.2) is 0 Å². The van der Waals surface area contributed by atoms with Gasteiger partial charge in [0.25, 0.3) is 0 Å². The number of piperidine rings is 1. The Morgan fingerprint density at radius 1 is 1.44 bits per heavy atom. The Morgan fingerprint density at radius 2 is 2.00 bits per heavy atom. The van der Waals surface area contributed by atoms with Crippen molar-refractivity contribution in [3.63, 3.8) is 0 Å². The van der Waals surface area contributed by atoms with Gasteiger partial charge in [0, 0.05) is 13.1 Å². The molecule has 1 aliphatic heterocycles. The Balaban J connectivity index is 2.36. The van der Waals surface area contributed by atoms with E-state index in [1.807, 2.05) is 0 Å². The maximum Gasteiger partial charge on any atom is 0.325 e. The molecule has 5 nitrogen and oxygen atoms in total. The lowest BCUT2D eigenvalue weighted by Crippen LogP contribution is -2.49. The predicted octanol–water partition coefficient (Wildman–Crippen LogP) is 1.29. The number of urea groups is 1. The number of nitrogens with zero attached hydrogens (tertiary/aromatic N) is 1. The molecule has 0 aromatic rings. The van der Waals surface area contributed by atoms with Crippen molar-refractivity contribution in [2.45, 2.75) is 39.2 Å². The van der Waals surface area contributed by atoms with Crippen LogP contribution in [0, 0.1) is 5.92 Å². The molecule has 0 unspecified atom stereocenters. The van der Waals surface area contributed by atoms with Gasteiger partial charge in [-0.25, -0.2) is 4.79 Å². The van der Waals surface area contributed by atoms with Crippen LogP contribution in [0.25, 0.3) is 0 Å². The van der Waals surface area contributed by atoms with E-state index in [0.29, 0.717) is 5.92 Å². The molecular formula is C11H20N2O3. The van der Waals surface area contributed by atoms with E-state index in [1.165, 1.54) is 6.92 Å². The molecule has 16 heavy (non-hydrogen) atoms. The first-order valence-corrected chi connectivity index (χ1v) is 5.82. The van der Waals surface area contributed by atoms with Crippen LogP contribution < -0.4 is 5.32 Å². The molecule has 0 spiro atoms. The monoisotopic (exact) mass is 228 g/mol. The summed E-state index contributed by atoms with van der Waals surface area (Å²) in [7, 11) is 0. The summed E-state index contributed by atoms with van der Waals surface area (Å²) in [6, 6.07) is -1.08. The molecule has 1 atom stereocenters. The van der Waals surface area contributed by atoms with Gasteiger partial charge in [-0.3, -0.25) is 4.79 Å². The lowest BCUT2D eigenvalue weighted by atomic mass is 9.95. The maximum atomic E-state index is 11.7.